The minimum absolute atomic E-state index is 0.0828. The van der Waals surface area contributed by atoms with Crippen LogP contribution >= 0.6 is 45.2 Å². The summed E-state index contributed by atoms with van der Waals surface area (Å²) >= 11 is 2.70. The maximum atomic E-state index is 10.4. The van der Waals surface area contributed by atoms with E-state index >= 15 is 0 Å². The Morgan fingerprint density at radius 3 is 2.50 bits per heavy atom. The second-order valence-electron chi connectivity index (χ2n) is 1.87. The topological polar surface area (TPSA) is 37.3 Å². The number of unbranched alkanes of at least 4 members (excludes halogenated alkanes) is 1. The van der Waals surface area contributed by atoms with Gasteiger partial charge in [-0.3, -0.25) is 0 Å². The Labute approximate surface area is 91.1 Å². The number of hydrogen-bond donors (Lipinski definition) is 1. The second kappa shape index (κ2) is 7.23. The number of hydrogen-bond acceptors (Lipinski definition) is 1. The van der Waals surface area contributed by atoms with Crippen LogP contribution in [-0.4, -0.2) is 16.4 Å². The first-order valence-electron chi connectivity index (χ1n) is 2.98. The van der Waals surface area contributed by atoms with Crippen LogP contribution in [0.4, 0.5) is 0 Å². The molecular formula is C5H10I2O2S. The van der Waals surface area contributed by atoms with Crippen molar-refractivity contribution in [2.75, 3.05) is 4.43 Å². The SMILES string of the molecule is O=S(O)[C@H](I)CCCCI. The molecule has 1 unspecified atom stereocenters. The fraction of sp³-hybridized carbons (Fsp3) is 1.00. The molecule has 0 aromatic rings. The van der Waals surface area contributed by atoms with Crippen LogP contribution in [0.15, 0.2) is 0 Å². The Morgan fingerprint density at radius 2 is 2.10 bits per heavy atom. The summed E-state index contributed by atoms with van der Waals surface area (Å²) in [6.07, 6.45) is 3.06. The van der Waals surface area contributed by atoms with Crippen molar-refractivity contribution in [1.29, 1.82) is 0 Å². The van der Waals surface area contributed by atoms with Crippen LogP contribution in [0.25, 0.3) is 0 Å². The summed E-state index contributed by atoms with van der Waals surface area (Å²) in [7, 11) is 0. The molecule has 0 aromatic carbocycles. The molecule has 5 heteroatoms. The molecule has 2 atom stereocenters. The fourth-order valence-electron chi connectivity index (χ4n) is 0.500. The lowest BCUT2D eigenvalue weighted by Crippen LogP contribution is -2.04. The van der Waals surface area contributed by atoms with E-state index in [4.69, 9.17) is 4.55 Å². The molecule has 2 nitrogen and oxygen atoms in total. The molecule has 0 aliphatic rings. The molecule has 0 amide bonds. The van der Waals surface area contributed by atoms with E-state index in [2.05, 4.69) is 22.6 Å². The van der Waals surface area contributed by atoms with Crippen molar-refractivity contribution < 1.29 is 8.76 Å². The van der Waals surface area contributed by atoms with Crippen molar-refractivity contribution in [2.45, 2.75) is 22.5 Å². The zero-order valence-electron chi connectivity index (χ0n) is 5.43. The van der Waals surface area contributed by atoms with Gasteiger partial charge in [-0.15, -0.1) is 0 Å². The quantitative estimate of drug-likeness (QED) is 0.340. The molecule has 0 aliphatic carbocycles. The summed E-state index contributed by atoms with van der Waals surface area (Å²) in [6.45, 7) is 0. The first-order chi connectivity index (χ1) is 4.68. The first-order valence-corrected chi connectivity index (χ1v) is 6.92. The molecule has 0 fully saturated rings. The van der Waals surface area contributed by atoms with Crippen LogP contribution in [0.5, 0.6) is 0 Å². The maximum Gasteiger partial charge on any atom is 0.166 e. The summed E-state index contributed by atoms with van der Waals surface area (Å²) in [5.74, 6) is 0. The summed E-state index contributed by atoms with van der Waals surface area (Å²) in [4.78, 5) is 0. The molecule has 10 heavy (non-hydrogen) atoms. The van der Waals surface area contributed by atoms with E-state index in [0.717, 1.165) is 23.7 Å². The molecule has 1 N–H and O–H groups in total. The number of rotatable bonds is 5. The summed E-state index contributed by atoms with van der Waals surface area (Å²) in [5, 5.41) is 0. The number of alkyl halides is 2. The van der Waals surface area contributed by atoms with Crippen molar-refractivity contribution in [3.63, 3.8) is 0 Å². The Hall–Kier alpha value is 1.57. The van der Waals surface area contributed by atoms with Gasteiger partial charge in [-0.05, 0) is 17.3 Å². The van der Waals surface area contributed by atoms with E-state index in [1.54, 1.807) is 0 Å². The lowest BCUT2D eigenvalue weighted by molar-refractivity contribution is 0.557. The fourth-order valence-corrected chi connectivity index (χ4v) is 1.85. The molecule has 0 spiro atoms. The normalized spacial score (nSPS) is 16.7. The average Bonchev–Trinajstić information content (AvgIpc) is 1.88. The zero-order chi connectivity index (χ0) is 7.98. The minimum Gasteiger partial charge on any atom is -0.305 e. The van der Waals surface area contributed by atoms with E-state index in [9.17, 15) is 4.21 Å². The van der Waals surface area contributed by atoms with Gasteiger partial charge in [0, 0.05) is 0 Å². The van der Waals surface area contributed by atoms with Gasteiger partial charge in [-0.1, -0.05) is 51.6 Å². The van der Waals surface area contributed by atoms with Crippen molar-refractivity contribution in [3.8, 4) is 0 Å². The van der Waals surface area contributed by atoms with Gasteiger partial charge in [-0.25, -0.2) is 4.21 Å². The highest BCUT2D eigenvalue weighted by molar-refractivity contribution is 14.1. The largest absolute Gasteiger partial charge is 0.305 e. The molecule has 0 aliphatic heterocycles. The van der Waals surface area contributed by atoms with E-state index in [1.807, 2.05) is 22.6 Å². The number of halogens is 2. The maximum absolute atomic E-state index is 10.4. The Balaban J connectivity index is 3.21. The Morgan fingerprint density at radius 1 is 1.50 bits per heavy atom. The van der Waals surface area contributed by atoms with Crippen LogP contribution in [-0.2, 0) is 11.1 Å². The summed E-state index contributed by atoms with van der Waals surface area (Å²) in [6, 6.07) is 0. The lowest BCUT2D eigenvalue weighted by Gasteiger charge is -2.02. The third-order valence-electron chi connectivity index (χ3n) is 1.03. The molecule has 0 saturated carbocycles. The van der Waals surface area contributed by atoms with Gasteiger partial charge in [0.1, 0.15) is 3.26 Å². The van der Waals surface area contributed by atoms with Crippen molar-refractivity contribution in [3.05, 3.63) is 0 Å². The van der Waals surface area contributed by atoms with E-state index in [1.165, 1.54) is 0 Å². The molecule has 0 rings (SSSR count). The predicted octanol–water partition coefficient (Wildman–Crippen LogP) is 2.57. The first kappa shape index (κ1) is 11.6. The highest BCUT2D eigenvalue weighted by atomic mass is 127. The van der Waals surface area contributed by atoms with Crippen molar-refractivity contribution >= 4 is 56.3 Å². The minimum atomic E-state index is -1.63. The van der Waals surface area contributed by atoms with Gasteiger partial charge in [0.2, 0.25) is 0 Å². The van der Waals surface area contributed by atoms with Gasteiger partial charge in [0.15, 0.2) is 11.1 Å². The van der Waals surface area contributed by atoms with Crippen LogP contribution < -0.4 is 0 Å². The highest BCUT2D eigenvalue weighted by Crippen LogP contribution is 2.13. The molecular weight excluding hydrogens is 378 g/mol. The van der Waals surface area contributed by atoms with Gasteiger partial charge in [-0.2, -0.15) is 0 Å². The van der Waals surface area contributed by atoms with E-state index in [0.29, 0.717) is 0 Å². The molecule has 0 saturated heterocycles. The smallest absolute Gasteiger partial charge is 0.166 e. The summed E-state index contributed by atoms with van der Waals surface area (Å²) < 4.78 is 20.0. The van der Waals surface area contributed by atoms with Crippen molar-refractivity contribution in [2.24, 2.45) is 0 Å². The standard InChI is InChI=1S/C5H10I2O2S/c6-4-2-1-3-5(7)10(8)9/h5H,1-4H2,(H,8,9)/t5-/m0/s1. The Kier molecular flexibility index (Phi) is 8.37. The molecule has 0 bridgehead atoms. The molecule has 62 valence electrons. The van der Waals surface area contributed by atoms with Crippen LogP contribution in [0.1, 0.15) is 19.3 Å². The van der Waals surface area contributed by atoms with Crippen LogP contribution in [0, 0.1) is 0 Å². The van der Waals surface area contributed by atoms with Gasteiger partial charge in [0.05, 0.1) is 0 Å². The summed E-state index contributed by atoms with van der Waals surface area (Å²) in [5.41, 5.74) is 0. The van der Waals surface area contributed by atoms with E-state index < -0.39 is 11.1 Å². The Bertz CT molecular complexity index is 110. The third kappa shape index (κ3) is 6.29. The molecule has 0 aromatic heterocycles. The third-order valence-corrected chi connectivity index (χ3v) is 4.40. The zero-order valence-corrected chi connectivity index (χ0v) is 10.6. The average molecular weight is 388 g/mol. The van der Waals surface area contributed by atoms with Gasteiger partial charge in [0.25, 0.3) is 0 Å². The van der Waals surface area contributed by atoms with Gasteiger partial charge >= 0.3 is 0 Å². The highest BCUT2D eigenvalue weighted by Gasteiger charge is 2.08. The monoisotopic (exact) mass is 388 g/mol. The lowest BCUT2D eigenvalue weighted by atomic mass is 10.3. The second-order valence-corrected chi connectivity index (χ2v) is 6.42. The van der Waals surface area contributed by atoms with Crippen LogP contribution in [0.2, 0.25) is 0 Å². The molecule has 0 radical (unpaired) electrons. The van der Waals surface area contributed by atoms with Crippen molar-refractivity contribution in [1.82, 2.24) is 0 Å². The molecule has 0 heterocycles. The van der Waals surface area contributed by atoms with Gasteiger partial charge < -0.3 is 4.55 Å². The van der Waals surface area contributed by atoms with Crippen LogP contribution in [0.3, 0.4) is 0 Å². The van der Waals surface area contributed by atoms with E-state index in [-0.39, 0.29) is 3.26 Å². The predicted molar refractivity (Wildman–Crippen MR) is 61.3 cm³/mol.